The molecule has 0 aliphatic rings. The van der Waals surface area contributed by atoms with Crippen LogP contribution in [0.3, 0.4) is 0 Å². The first kappa shape index (κ1) is 17.0. The molecule has 0 rings (SSSR count). The number of hydrogen-bond acceptors (Lipinski definition) is 1. The van der Waals surface area contributed by atoms with Gasteiger partial charge in [0.25, 0.3) is 0 Å². The highest BCUT2D eigenvalue weighted by Crippen LogP contribution is 2.29. The first-order valence-corrected chi connectivity index (χ1v) is 7.60. The predicted octanol–water partition coefficient (Wildman–Crippen LogP) is 5.10. The minimum absolute atomic E-state index is 0.394. The summed E-state index contributed by atoms with van der Waals surface area (Å²) in [5.74, 6) is 0.886. The van der Waals surface area contributed by atoms with Crippen LogP contribution in [0.5, 0.6) is 0 Å². The fourth-order valence-electron chi connectivity index (χ4n) is 2.83. The smallest absolute Gasteiger partial charge is 0.0181 e. The Kier molecular flexibility index (Phi) is 8.11. The molecule has 2 atom stereocenters. The maximum absolute atomic E-state index is 2.58. The van der Waals surface area contributed by atoms with E-state index in [4.69, 9.17) is 0 Å². The van der Waals surface area contributed by atoms with Gasteiger partial charge in [-0.25, -0.2) is 0 Å². The number of nitrogens with zero attached hydrogens (tertiary/aromatic N) is 1. The van der Waals surface area contributed by atoms with E-state index in [1.165, 1.54) is 38.5 Å². The van der Waals surface area contributed by atoms with Crippen LogP contribution in [0.4, 0.5) is 0 Å². The Hall–Kier alpha value is -0.0400. The van der Waals surface area contributed by atoms with Gasteiger partial charge in [0.2, 0.25) is 0 Å². The minimum Gasteiger partial charge on any atom is -0.299 e. The van der Waals surface area contributed by atoms with Crippen LogP contribution in [0.2, 0.25) is 0 Å². The van der Waals surface area contributed by atoms with E-state index in [0.29, 0.717) is 11.6 Å². The van der Waals surface area contributed by atoms with E-state index < -0.39 is 0 Å². The molecule has 104 valence electrons. The van der Waals surface area contributed by atoms with Gasteiger partial charge in [0.15, 0.2) is 0 Å². The van der Waals surface area contributed by atoms with Gasteiger partial charge in [0, 0.05) is 11.6 Å². The topological polar surface area (TPSA) is 3.24 Å². The Balaban J connectivity index is 4.39. The molecular weight excluding hydrogens is 206 g/mol. The van der Waals surface area contributed by atoms with Crippen LogP contribution in [0, 0.1) is 5.92 Å². The molecule has 17 heavy (non-hydrogen) atoms. The van der Waals surface area contributed by atoms with Crippen molar-refractivity contribution in [1.82, 2.24) is 4.90 Å². The molecule has 2 unspecified atom stereocenters. The number of rotatable bonds is 9. The summed E-state index contributed by atoms with van der Waals surface area (Å²) >= 11 is 0. The average molecular weight is 241 g/mol. The summed E-state index contributed by atoms with van der Waals surface area (Å²) in [5, 5.41) is 0. The molecule has 0 N–H and O–H groups in total. The van der Waals surface area contributed by atoms with Crippen molar-refractivity contribution in [2.45, 2.75) is 91.6 Å². The van der Waals surface area contributed by atoms with E-state index in [2.05, 4.69) is 53.5 Å². The van der Waals surface area contributed by atoms with Crippen LogP contribution < -0.4 is 0 Å². The molecule has 0 saturated heterocycles. The molecule has 0 amide bonds. The van der Waals surface area contributed by atoms with Crippen molar-refractivity contribution < 1.29 is 0 Å². The van der Waals surface area contributed by atoms with Gasteiger partial charge in [-0.15, -0.1) is 0 Å². The van der Waals surface area contributed by atoms with Crippen LogP contribution in [0.15, 0.2) is 0 Å². The molecule has 0 aromatic heterocycles. The quantitative estimate of drug-likeness (QED) is 0.543. The second kappa shape index (κ2) is 8.13. The van der Waals surface area contributed by atoms with E-state index in [9.17, 15) is 0 Å². The first-order chi connectivity index (χ1) is 7.87. The van der Waals surface area contributed by atoms with Gasteiger partial charge in [0.05, 0.1) is 0 Å². The first-order valence-electron chi connectivity index (χ1n) is 7.60. The van der Waals surface area contributed by atoms with Crippen molar-refractivity contribution in [1.29, 1.82) is 0 Å². The van der Waals surface area contributed by atoms with Gasteiger partial charge in [-0.3, -0.25) is 4.90 Å². The third-order valence-corrected chi connectivity index (χ3v) is 4.37. The fourth-order valence-corrected chi connectivity index (χ4v) is 2.83. The van der Waals surface area contributed by atoms with Crippen LogP contribution in [0.1, 0.15) is 80.1 Å². The second-order valence-corrected chi connectivity index (χ2v) is 6.38. The fraction of sp³-hybridized carbons (Fsp3) is 1.00. The summed E-state index contributed by atoms with van der Waals surface area (Å²) in [6, 6.07) is 0.646. The highest BCUT2D eigenvalue weighted by Gasteiger charge is 2.29. The van der Waals surface area contributed by atoms with Gasteiger partial charge < -0.3 is 0 Å². The molecule has 0 spiro atoms. The summed E-state index contributed by atoms with van der Waals surface area (Å²) in [7, 11) is 2.30. The van der Waals surface area contributed by atoms with E-state index >= 15 is 0 Å². The average Bonchev–Trinajstić information content (AvgIpc) is 2.26. The van der Waals surface area contributed by atoms with Crippen LogP contribution in [-0.4, -0.2) is 23.5 Å². The second-order valence-electron chi connectivity index (χ2n) is 6.38. The third-order valence-electron chi connectivity index (χ3n) is 4.37. The molecule has 0 aliphatic heterocycles. The number of hydrogen-bond donors (Lipinski definition) is 0. The molecule has 0 aromatic carbocycles. The maximum Gasteiger partial charge on any atom is 0.0181 e. The zero-order valence-electron chi connectivity index (χ0n) is 13.3. The Labute approximate surface area is 110 Å². The molecule has 1 nitrogen and oxygen atoms in total. The zero-order chi connectivity index (χ0) is 13.5. The third kappa shape index (κ3) is 5.90. The van der Waals surface area contributed by atoms with Crippen LogP contribution in [-0.2, 0) is 0 Å². The highest BCUT2D eigenvalue weighted by atomic mass is 15.2. The Morgan fingerprint density at radius 2 is 1.53 bits per heavy atom. The SMILES string of the molecule is CCCC(C)CCC(C)(CCC)N(C)C(C)C. The lowest BCUT2D eigenvalue weighted by atomic mass is 9.84. The lowest BCUT2D eigenvalue weighted by Crippen LogP contribution is -2.47. The van der Waals surface area contributed by atoms with Gasteiger partial charge in [-0.05, 0) is 53.0 Å². The summed E-state index contributed by atoms with van der Waals surface area (Å²) in [6.45, 7) is 14.1. The van der Waals surface area contributed by atoms with E-state index in [1.54, 1.807) is 0 Å². The normalized spacial score (nSPS) is 17.5. The molecule has 0 bridgehead atoms. The Morgan fingerprint density at radius 3 is 1.94 bits per heavy atom. The maximum atomic E-state index is 2.58. The highest BCUT2D eigenvalue weighted by molar-refractivity contribution is 4.86. The standard InChI is InChI=1S/C16H35N/c1-8-10-15(5)11-13-16(6,12-9-2)17(7)14(3)4/h14-15H,8-13H2,1-7H3. The van der Waals surface area contributed by atoms with Crippen molar-refractivity contribution in [2.24, 2.45) is 5.92 Å². The van der Waals surface area contributed by atoms with Gasteiger partial charge in [-0.2, -0.15) is 0 Å². The van der Waals surface area contributed by atoms with Crippen molar-refractivity contribution in [3.8, 4) is 0 Å². The Bertz CT molecular complexity index is 188. The summed E-state index contributed by atoms with van der Waals surface area (Å²) in [5.41, 5.74) is 0.394. The van der Waals surface area contributed by atoms with Crippen molar-refractivity contribution in [3.05, 3.63) is 0 Å². The van der Waals surface area contributed by atoms with Gasteiger partial charge in [-0.1, -0.05) is 40.0 Å². The monoisotopic (exact) mass is 241 g/mol. The van der Waals surface area contributed by atoms with Crippen molar-refractivity contribution in [2.75, 3.05) is 7.05 Å². The van der Waals surface area contributed by atoms with Crippen LogP contribution in [0.25, 0.3) is 0 Å². The summed E-state index contributed by atoms with van der Waals surface area (Å²) < 4.78 is 0. The molecule has 0 aromatic rings. The van der Waals surface area contributed by atoms with E-state index in [0.717, 1.165) is 5.92 Å². The lowest BCUT2D eigenvalue weighted by Gasteiger charge is -2.42. The van der Waals surface area contributed by atoms with Gasteiger partial charge in [0.1, 0.15) is 0 Å². The van der Waals surface area contributed by atoms with Crippen molar-refractivity contribution >= 4 is 0 Å². The molecule has 0 fully saturated rings. The Morgan fingerprint density at radius 1 is 0.941 bits per heavy atom. The molecule has 0 aliphatic carbocycles. The minimum atomic E-state index is 0.394. The predicted molar refractivity (Wildman–Crippen MR) is 79.5 cm³/mol. The molecule has 0 saturated carbocycles. The van der Waals surface area contributed by atoms with E-state index in [1.807, 2.05) is 0 Å². The summed E-state index contributed by atoms with van der Waals surface area (Å²) in [4.78, 5) is 2.58. The molecule has 1 heteroatoms. The molecule has 0 radical (unpaired) electrons. The molecular formula is C16H35N. The largest absolute Gasteiger partial charge is 0.299 e. The lowest BCUT2D eigenvalue weighted by molar-refractivity contribution is 0.0769. The van der Waals surface area contributed by atoms with Crippen LogP contribution >= 0.6 is 0 Å². The summed E-state index contributed by atoms with van der Waals surface area (Å²) in [6.07, 6.45) is 8.04. The van der Waals surface area contributed by atoms with Gasteiger partial charge >= 0.3 is 0 Å². The van der Waals surface area contributed by atoms with E-state index in [-0.39, 0.29) is 0 Å². The zero-order valence-corrected chi connectivity index (χ0v) is 13.3. The molecule has 0 heterocycles. The van der Waals surface area contributed by atoms with Crippen molar-refractivity contribution in [3.63, 3.8) is 0 Å².